The van der Waals surface area contributed by atoms with E-state index >= 15 is 0 Å². The van der Waals surface area contributed by atoms with Crippen LogP contribution in [0, 0.1) is 0 Å². The number of carbonyl (C=O) groups is 1. The van der Waals surface area contributed by atoms with E-state index in [0.29, 0.717) is 34.4 Å². The van der Waals surface area contributed by atoms with Crippen molar-refractivity contribution in [1.82, 2.24) is 14.9 Å². The number of nitrogens with one attached hydrogen (secondary N) is 1. The zero-order valence-corrected chi connectivity index (χ0v) is 25.0. The molecule has 7 rings (SSSR count). The fourth-order valence-electron chi connectivity index (χ4n) is 5.90. The highest BCUT2D eigenvalue weighted by atomic mass is 35.5. The molecule has 3 aromatic carbocycles. The molecule has 1 atom stereocenters. The maximum Gasteiger partial charge on any atom is 0.417 e. The van der Waals surface area contributed by atoms with Gasteiger partial charge < -0.3 is 23.8 Å². The van der Waals surface area contributed by atoms with Gasteiger partial charge in [-0.25, -0.2) is 4.98 Å². The number of hydrogen-bond donors (Lipinski definition) is 1. The Balaban J connectivity index is 1.34. The molecule has 1 amide bonds. The van der Waals surface area contributed by atoms with Crippen LogP contribution in [0.1, 0.15) is 39.0 Å². The van der Waals surface area contributed by atoms with Crippen molar-refractivity contribution in [3.05, 3.63) is 130 Å². The lowest BCUT2D eigenvalue weighted by molar-refractivity contribution is -0.137. The predicted octanol–water partition coefficient (Wildman–Crippen LogP) is 9.08. The lowest BCUT2D eigenvalue weighted by Crippen LogP contribution is -2.40. The first-order chi connectivity index (χ1) is 22.2. The zero-order valence-electron chi connectivity index (χ0n) is 24.3. The minimum atomic E-state index is -4.58. The first-order valence-corrected chi connectivity index (χ1v) is 14.7. The molecular formula is C35H25ClF3N3O4. The summed E-state index contributed by atoms with van der Waals surface area (Å²) in [7, 11) is 1.59. The van der Waals surface area contributed by atoms with Gasteiger partial charge in [-0.1, -0.05) is 29.8 Å². The summed E-state index contributed by atoms with van der Waals surface area (Å²) >= 11 is 6.02. The van der Waals surface area contributed by atoms with Crippen molar-refractivity contribution in [2.24, 2.45) is 0 Å². The maximum absolute atomic E-state index is 14.4. The van der Waals surface area contributed by atoms with Crippen LogP contribution in [0.25, 0.3) is 22.2 Å². The number of furan rings is 1. The van der Waals surface area contributed by atoms with E-state index in [-0.39, 0.29) is 29.3 Å². The fourth-order valence-corrected chi connectivity index (χ4v) is 6.03. The summed E-state index contributed by atoms with van der Waals surface area (Å²) in [5.74, 6) is 1.15. The van der Waals surface area contributed by atoms with E-state index < -0.39 is 23.7 Å². The van der Waals surface area contributed by atoms with Gasteiger partial charge in [-0.15, -0.1) is 0 Å². The number of hydrogen-bond acceptors (Lipinski definition) is 5. The number of aromatic nitrogens is 2. The van der Waals surface area contributed by atoms with Crippen molar-refractivity contribution in [2.45, 2.75) is 18.6 Å². The highest BCUT2D eigenvalue weighted by Gasteiger charge is 2.39. The Kier molecular flexibility index (Phi) is 7.44. The molecule has 1 N–H and O–H groups in total. The highest BCUT2D eigenvalue weighted by molar-refractivity contribution is 6.30. The molecule has 7 nitrogen and oxygen atoms in total. The second kappa shape index (κ2) is 11.6. The van der Waals surface area contributed by atoms with Crippen molar-refractivity contribution in [2.75, 3.05) is 13.7 Å². The molecule has 232 valence electrons. The van der Waals surface area contributed by atoms with Crippen LogP contribution in [0.3, 0.4) is 0 Å². The predicted molar refractivity (Wildman–Crippen MR) is 166 cm³/mol. The molecule has 1 aliphatic rings. The molecular weight excluding hydrogens is 619 g/mol. The summed E-state index contributed by atoms with van der Waals surface area (Å²) in [4.78, 5) is 23.8. The molecule has 0 saturated carbocycles. The molecule has 0 radical (unpaired) electrons. The van der Waals surface area contributed by atoms with Gasteiger partial charge >= 0.3 is 6.18 Å². The summed E-state index contributed by atoms with van der Waals surface area (Å²) in [5.41, 5.74) is 1.77. The molecule has 0 bridgehead atoms. The van der Waals surface area contributed by atoms with E-state index in [2.05, 4.69) is 9.97 Å². The number of benzene rings is 3. The van der Waals surface area contributed by atoms with Gasteiger partial charge in [-0.3, -0.25) is 4.79 Å². The van der Waals surface area contributed by atoms with Crippen LogP contribution >= 0.6 is 11.6 Å². The first kappa shape index (κ1) is 29.5. The summed E-state index contributed by atoms with van der Waals surface area (Å²) in [6.07, 6.45) is -2.56. The van der Waals surface area contributed by atoms with Crippen molar-refractivity contribution >= 4 is 28.4 Å². The average molecular weight is 644 g/mol. The third-order valence-electron chi connectivity index (χ3n) is 8.02. The molecule has 6 aromatic rings. The Morgan fingerprint density at radius 2 is 1.78 bits per heavy atom. The number of H-pyrrole nitrogens is 1. The van der Waals surface area contributed by atoms with Gasteiger partial charge in [0.25, 0.3) is 5.91 Å². The number of carbonyl (C=O) groups excluding carboxylic acids is 1. The van der Waals surface area contributed by atoms with Crippen molar-refractivity contribution in [1.29, 1.82) is 0 Å². The van der Waals surface area contributed by atoms with Crippen molar-refractivity contribution < 1.29 is 31.9 Å². The normalized spacial score (nSPS) is 14.7. The SMILES string of the molecule is COc1ccc2[nH]c3c(c2c1)CCN(C(=O)c1cccnc1Oc1ccc(Cl)cc1)C3c1ccc(-c2ccccc2C(F)(F)F)o1. The number of rotatable bonds is 6. The smallest absolute Gasteiger partial charge is 0.417 e. The average Bonchev–Trinajstić information content (AvgIpc) is 3.70. The van der Waals surface area contributed by atoms with Crippen LogP contribution in [0.15, 0.2) is 102 Å². The second-order valence-corrected chi connectivity index (χ2v) is 11.2. The van der Waals surface area contributed by atoms with Gasteiger partial charge in [-0.05, 0) is 84.8 Å². The van der Waals surface area contributed by atoms with E-state index in [1.54, 1.807) is 54.5 Å². The Labute approximate surface area is 266 Å². The van der Waals surface area contributed by atoms with Crippen LogP contribution in [0.2, 0.25) is 5.02 Å². The number of aromatic amines is 1. The lowest BCUT2D eigenvalue weighted by atomic mass is 9.95. The molecule has 4 heterocycles. The number of pyridine rings is 1. The molecule has 11 heteroatoms. The molecule has 3 aromatic heterocycles. The standard InChI is InChI=1S/C35H25ClF3N3O4/c1-44-22-12-13-28-26(19-22)23-16-18-42(34(43)25-6-4-17-40-33(25)45-21-10-8-20(36)9-11-21)32(31(23)41-28)30-15-14-29(46-30)24-5-2-3-7-27(24)35(37,38)39/h2-15,17,19,32,41H,16,18H2,1H3. The second-order valence-electron chi connectivity index (χ2n) is 10.7. The third kappa shape index (κ3) is 5.34. The summed E-state index contributed by atoms with van der Waals surface area (Å²) in [6.45, 7) is 0.283. The lowest BCUT2D eigenvalue weighted by Gasteiger charge is -2.35. The number of methoxy groups -OCH3 is 1. The van der Waals surface area contributed by atoms with Gasteiger partial charge in [0.15, 0.2) is 0 Å². The topological polar surface area (TPSA) is 80.6 Å². The number of fused-ring (bicyclic) bond motifs is 3. The minimum Gasteiger partial charge on any atom is -0.497 e. The van der Waals surface area contributed by atoms with Gasteiger partial charge in [0.1, 0.15) is 34.6 Å². The highest BCUT2D eigenvalue weighted by Crippen LogP contribution is 2.43. The van der Waals surface area contributed by atoms with E-state index in [0.717, 1.165) is 22.5 Å². The Morgan fingerprint density at radius 1 is 1.00 bits per heavy atom. The molecule has 0 spiro atoms. The maximum atomic E-state index is 14.4. The van der Waals surface area contributed by atoms with E-state index in [4.69, 9.17) is 25.5 Å². The number of amides is 1. The monoisotopic (exact) mass is 643 g/mol. The number of alkyl halides is 3. The molecule has 46 heavy (non-hydrogen) atoms. The fraction of sp³-hybridized carbons (Fsp3) is 0.143. The summed E-state index contributed by atoms with van der Waals surface area (Å²) in [6, 6.07) is 23.1. The molecule has 0 aliphatic carbocycles. The quantitative estimate of drug-likeness (QED) is 0.196. The van der Waals surface area contributed by atoms with Crippen LogP contribution in [0.5, 0.6) is 17.4 Å². The molecule has 1 aliphatic heterocycles. The number of halogens is 4. The van der Waals surface area contributed by atoms with Crippen LogP contribution in [0.4, 0.5) is 13.2 Å². The molecule has 1 unspecified atom stereocenters. The van der Waals surface area contributed by atoms with E-state index in [9.17, 15) is 18.0 Å². The van der Waals surface area contributed by atoms with Crippen molar-refractivity contribution in [3.63, 3.8) is 0 Å². The van der Waals surface area contributed by atoms with Gasteiger partial charge in [0.05, 0.1) is 18.4 Å². The largest absolute Gasteiger partial charge is 0.497 e. The van der Waals surface area contributed by atoms with Crippen LogP contribution < -0.4 is 9.47 Å². The third-order valence-corrected chi connectivity index (χ3v) is 8.27. The Hall–Kier alpha value is -5.22. The van der Waals surface area contributed by atoms with Crippen molar-refractivity contribution in [3.8, 4) is 28.7 Å². The first-order valence-electron chi connectivity index (χ1n) is 14.4. The van der Waals surface area contributed by atoms with Crippen LogP contribution in [-0.4, -0.2) is 34.4 Å². The molecule has 0 fully saturated rings. The van der Waals surface area contributed by atoms with E-state index in [1.165, 1.54) is 30.5 Å². The summed E-state index contributed by atoms with van der Waals surface area (Å²) in [5, 5.41) is 1.46. The van der Waals surface area contributed by atoms with Gasteiger partial charge in [0, 0.05) is 34.2 Å². The Morgan fingerprint density at radius 3 is 2.57 bits per heavy atom. The minimum absolute atomic E-state index is 0.0355. The van der Waals surface area contributed by atoms with Crippen LogP contribution in [-0.2, 0) is 12.6 Å². The van der Waals surface area contributed by atoms with Gasteiger partial charge in [-0.2, -0.15) is 13.2 Å². The number of nitrogens with zero attached hydrogens (tertiary/aromatic N) is 2. The number of ether oxygens (including phenoxy) is 2. The summed E-state index contributed by atoms with van der Waals surface area (Å²) < 4.78 is 59.4. The molecule has 0 saturated heterocycles. The zero-order chi connectivity index (χ0) is 32.0. The van der Waals surface area contributed by atoms with E-state index in [1.807, 2.05) is 18.2 Å². The Bertz CT molecular complexity index is 2070. The van der Waals surface area contributed by atoms with Gasteiger partial charge in [0.2, 0.25) is 5.88 Å².